The van der Waals surface area contributed by atoms with E-state index in [-0.39, 0.29) is 78.8 Å². The fourth-order valence-corrected chi connectivity index (χ4v) is 0. The molecule has 0 unspecified atom stereocenters. The molecule has 0 radical (unpaired) electrons. The fraction of sp³-hybridized carbons (Fsp3) is 0. The van der Waals surface area contributed by atoms with Crippen molar-refractivity contribution in [1.29, 1.82) is 0 Å². The normalized spacial score (nSPS) is 3.87. The van der Waals surface area contributed by atoms with Gasteiger partial charge in [-0.3, -0.25) is 8.42 Å². The molecule has 0 aliphatic rings. The molecule has 0 bridgehead atoms. The van der Waals surface area contributed by atoms with Crippen LogP contribution in [0.2, 0.25) is 0 Å². The molecule has 0 aromatic carbocycles. The zero-order valence-corrected chi connectivity index (χ0v) is 10.4. The maximum absolute atomic E-state index is 8.52. The van der Waals surface area contributed by atoms with E-state index in [1.807, 2.05) is 0 Å². The van der Waals surface area contributed by atoms with Gasteiger partial charge in [-0.15, -0.1) is 0 Å². The van der Waals surface area contributed by atoms with Crippen LogP contribution in [0.5, 0.6) is 0 Å². The molecule has 0 aromatic heterocycles. The maximum atomic E-state index is 8.52. The van der Waals surface area contributed by atoms with E-state index in [1.165, 1.54) is 0 Å². The molecule has 0 fully saturated rings. The largest absolute Gasteiger partial charge is 1.00 e. The van der Waals surface area contributed by atoms with E-state index in [4.69, 9.17) is 17.5 Å². The van der Waals surface area contributed by atoms with Crippen molar-refractivity contribution < 1.29 is 96.4 Å². The molecule has 0 aliphatic carbocycles. The molecule has 0 aliphatic heterocycles. The quantitative estimate of drug-likeness (QED) is 0.236. The first-order valence-corrected chi connectivity index (χ1v) is 2.00. The van der Waals surface area contributed by atoms with E-state index in [0.29, 0.717) is 0 Å². The predicted molar refractivity (Wildman–Crippen MR) is 43.0 cm³/mol. The van der Waals surface area contributed by atoms with Gasteiger partial charge in [0.1, 0.15) is 0 Å². The van der Waals surface area contributed by atoms with Gasteiger partial charge in [0, 0.05) is 10.4 Å². The van der Waals surface area contributed by atoms with Crippen LogP contribution in [0.15, 0.2) is 0 Å². The average Bonchev–Trinajstić information content (AvgIpc) is 0.722. The first kappa shape index (κ1) is 161. The van der Waals surface area contributed by atoms with Crippen LogP contribution in [0.3, 0.4) is 0 Å². The third-order valence-electron chi connectivity index (χ3n) is 0. The van der Waals surface area contributed by atoms with E-state index in [9.17, 15) is 0 Å². The van der Waals surface area contributed by atoms with Crippen molar-refractivity contribution in [3.05, 3.63) is 0 Å². The van der Waals surface area contributed by atoms with E-state index in [2.05, 4.69) is 0 Å². The predicted octanol–water partition coefficient (Wildman–Crippen LogP) is -11.8. The van der Waals surface area contributed by atoms with Crippen molar-refractivity contribution in [1.82, 2.24) is 0 Å². The van der Waals surface area contributed by atoms with Crippen LogP contribution < -0.4 is 29.6 Å². The van der Waals surface area contributed by atoms with E-state index >= 15 is 0 Å². The van der Waals surface area contributed by atoms with E-state index in [0.717, 1.165) is 0 Å². The topological polar surface area (TPSA) is 364 Å². The monoisotopic (exact) mass is 281 g/mol. The minimum atomic E-state index is -5.17. The minimum Gasteiger partial charge on any atom is -0.759 e. The molecule has 15 heteroatoms. The molecule has 0 amide bonds. The smallest absolute Gasteiger partial charge is 0.759 e. The number of hydrogen-bond donors (Lipinski definition) is 0. The Hall–Kier alpha value is 0.510. The average molecular weight is 281 g/mol. The summed E-state index contributed by atoms with van der Waals surface area (Å²) in [5.74, 6) is 0. The Kier molecular flexibility index (Phi) is 669. The Labute approximate surface area is 107 Å². The maximum Gasteiger partial charge on any atom is 1.00 e. The summed E-state index contributed by atoms with van der Waals surface area (Å²) >= 11 is 0. The molecular formula is H18NaO13S-. The number of hydrogen-bond acceptors (Lipinski definition) is 4. The SMILES string of the molecule is O.O.O.O.O.O.O.O.O.O=S(=O)([O-])[O-].[Na+]. The van der Waals surface area contributed by atoms with Crippen LogP contribution in [0.25, 0.3) is 0 Å². The van der Waals surface area contributed by atoms with Crippen LogP contribution in [-0.2, 0) is 10.4 Å². The molecule has 0 spiro atoms. The summed E-state index contributed by atoms with van der Waals surface area (Å²) in [6, 6.07) is 0. The standard InChI is InChI=1S/Na.H2O4S.9H2O/c;1-5(2,3)4;;;;;;;;;/h;(H2,1,2,3,4);9*1H2/q+1;;;;;;;;;;/p-2. The molecule has 0 saturated carbocycles. The van der Waals surface area contributed by atoms with Crippen molar-refractivity contribution in [2.24, 2.45) is 0 Å². The van der Waals surface area contributed by atoms with E-state index in [1.54, 1.807) is 0 Å². The van der Waals surface area contributed by atoms with Crippen LogP contribution in [0.4, 0.5) is 0 Å². The second kappa shape index (κ2) is 62.5. The molecule has 15 heavy (non-hydrogen) atoms. The van der Waals surface area contributed by atoms with Gasteiger partial charge in [-0.05, 0) is 0 Å². The van der Waals surface area contributed by atoms with Crippen molar-refractivity contribution >= 4 is 10.4 Å². The Bertz CT molecular complexity index is 93.7. The summed E-state index contributed by atoms with van der Waals surface area (Å²) < 4.78 is 34.1. The second-order valence-corrected chi connectivity index (χ2v) is 1.22. The molecular weight excluding hydrogens is 263 g/mol. The second-order valence-electron chi connectivity index (χ2n) is 0.408. The van der Waals surface area contributed by atoms with Gasteiger partial charge in [-0.25, -0.2) is 0 Å². The van der Waals surface area contributed by atoms with Crippen molar-refractivity contribution in [2.75, 3.05) is 0 Å². The van der Waals surface area contributed by atoms with Gasteiger partial charge in [0.2, 0.25) is 0 Å². The van der Waals surface area contributed by atoms with Crippen molar-refractivity contribution in [2.45, 2.75) is 0 Å². The molecule has 0 atom stereocenters. The van der Waals surface area contributed by atoms with Crippen LogP contribution in [0, 0.1) is 0 Å². The third-order valence-corrected chi connectivity index (χ3v) is 0. The molecule has 0 rings (SSSR count). The fourth-order valence-electron chi connectivity index (χ4n) is 0. The zero-order chi connectivity index (χ0) is 4.50. The van der Waals surface area contributed by atoms with Gasteiger partial charge in [-0.1, -0.05) is 0 Å². The first-order chi connectivity index (χ1) is 2.00. The van der Waals surface area contributed by atoms with Crippen LogP contribution in [0.1, 0.15) is 0 Å². The molecule has 0 heterocycles. The van der Waals surface area contributed by atoms with Gasteiger partial charge in [0.25, 0.3) is 0 Å². The zero-order valence-electron chi connectivity index (χ0n) is 7.54. The summed E-state index contributed by atoms with van der Waals surface area (Å²) in [7, 11) is -5.17. The Morgan fingerprint density at radius 2 is 0.533 bits per heavy atom. The molecule has 0 saturated heterocycles. The summed E-state index contributed by atoms with van der Waals surface area (Å²) in [5.41, 5.74) is 0. The summed E-state index contributed by atoms with van der Waals surface area (Å²) in [5, 5.41) is 0. The van der Waals surface area contributed by atoms with Crippen LogP contribution >= 0.6 is 0 Å². The number of rotatable bonds is 0. The van der Waals surface area contributed by atoms with Gasteiger partial charge < -0.3 is 58.4 Å². The van der Waals surface area contributed by atoms with Gasteiger partial charge in [0.15, 0.2) is 0 Å². The third kappa shape index (κ3) is 8730. The van der Waals surface area contributed by atoms with Gasteiger partial charge in [-0.2, -0.15) is 0 Å². The minimum absolute atomic E-state index is 0. The summed E-state index contributed by atoms with van der Waals surface area (Å²) in [6.45, 7) is 0. The van der Waals surface area contributed by atoms with Gasteiger partial charge in [0.05, 0.1) is 0 Å². The molecule has 0 aromatic rings. The first-order valence-electron chi connectivity index (χ1n) is 0.667. The molecule has 13 nitrogen and oxygen atoms in total. The van der Waals surface area contributed by atoms with E-state index < -0.39 is 10.4 Å². The summed E-state index contributed by atoms with van der Waals surface area (Å²) in [4.78, 5) is 0. The Balaban J connectivity index is -0.00000000178. The molecule has 104 valence electrons. The van der Waals surface area contributed by atoms with Crippen LogP contribution in [-0.4, -0.2) is 66.8 Å². The molecule has 18 N–H and O–H groups in total. The Morgan fingerprint density at radius 3 is 0.533 bits per heavy atom. The van der Waals surface area contributed by atoms with Crippen molar-refractivity contribution in [3.63, 3.8) is 0 Å². The van der Waals surface area contributed by atoms with Crippen molar-refractivity contribution in [3.8, 4) is 0 Å². The summed E-state index contributed by atoms with van der Waals surface area (Å²) in [6.07, 6.45) is 0. The Morgan fingerprint density at radius 1 is 0.533 bits per heavy atom. The van der Waals surface area contributed by atoms with Gasteiger partial charge >= 0.3 is 29.6 Å².